The van der Waals surface area contributed by atoms with E-state index in [-0.39, 0.29) is 12.5 Å². The second-order valence-corrected chi connectivity index (χ2v) is 7.46. The molecule has 5 rings (SSSR count). The van der Waals surface area contributed by atoms with E-state index in [0.29, 0.717) is 0 Å². The minimum atomic E-state index is -0.480. The molecule has 1 aliphatic carbocycles. The molecule has 0 saturated heterocycles. The molecule has 1 aromatic heterocycles. The highest BCUT2D eigenvalue weighted by Crippen LogP contribution is 2.47. The van der Waals surface area contributed by atoms with Crippen LogP contribution in [0.4, 0.5) is 5.69 Å². The van der Waals surface area contributed by atoms with Gasteiger partial charge >= 0.3 is 0 Å². The minimum absolute atomic E-state index is 0.0612. The van der Waals surface area contributed by atoms with E-state index in [1.54, 1.807) is 0 Å². The number of amides is 1. The maximum Gasteiger partial charge on any atom is 0.251 e. The van der Waals surface area contributed by atoms with Gasteiger partial charge in [0.25, 0.3) is 5.79 Å². The lowest BCUT2D eigenvalue weighted by molar-refractivity contribution is -0.116. The fourth-order valence-electron chi connectivity index (χ4n) is 4.19. The first-order valence-electron chi connectivity index (χ1n) is 9.49. The number of aryl methyl sites for hydroxylation is 1. The molecule has 1 fully saturated rings. The Morgan fingerprint density at radius 3 is 2.70 bits per heavy atom. The van der Waals surface area contributed by atoms with Gasteiger partial charge in [0, 0.05) is 35.8 Å². The number of para-hydroxylation sites is 1. The fraction of sp³-hybridized carbons (Fsp3) is 0.318. The second kappa shape index (κ2) is 6.05. The van der Waals surface area contributed by atoms with Crippen LogP contribution < -0.4 is 14.8 Å². The molecule has 0 bridgehead atoms. The molecule has 1 saturated carbocycles. The van der Waals surface area contributed by atoms with Gasteiger partial charge in [-0.05, 0) is 49.4 Å². The Morgan fingerprint density at radius 2 is 1.85 bits per heavy atom. The monoisotopic (exact) mass is 362 g/mol. The zero-order chi connectivity index (χ0) is 18.4. The Hall–Kier alpha value is -2.95. The van der Waals surface area contributed by atoms with Crippen LogP contribution in [-0.2, 0) is 11.3 Å². The molecule has 138 valence electrons. The lowest BCUT2D eigenvalue weighted by atomic mass is 10.2. The first kappa shape index (κ1) is 16.2. The highest BCUT2D eigenvalue weighted by atomic mass is 16.7. The van der Waals surface area contributed by atoms with Gasteiger partial charge in [-0.2, -0.15) is 0 Å². The molecular weight excluding hydrogens is 340 g/mol. The second-order valence-electron chi connectivity index (χ2n) is 7.46. The molecule has 0 atom stereocenters. The minimum Gasteiger partial charge on any atom is -0.448 e. The van der Waals surface area contributed by atoms with Crippen molar-refractivity contribution in [1.29, 1.82) is 0 Å². The lowest BCUT2D eigenvalue weighted by Crippen LogP contribution is -2.34. The predicted molar refractivity (Wildman–Crippen MR) is 104 cm³/mol. The summed E-state index contributed by atoms with van der Waals surface area (Å²) in [6.45, 7) is 2.30. The molecule has 1 N–H and O–H groups in total. The van der Waals surface area contributed by atoms with Crippen molar-refractivity contribution in [1.82, 2.24) is 4.57 Å². The molecule has 3 aromatic rings. The van der Waals surface area contributed by atoms with E-state index in [1.165, 1.54) is 0 Å². The Bertz CT molecular complexity index is 1030. The van der Waals surface area contributed by atoms with Crippen LogP contribution in [0.2, 0.25) is 0 Å². The first-order valence-corrected chi connectivity index (χ1v) is 9.49. The summed E-state index contributed by atoms with van der Waals surface area (Å²) in [5.74, 6) is 0.944. The molecule has 0 radical (unpaired) electrons. The molecule has 27 heavy (non-hydrogen) atoms. The topological polar surface area (TPSA) is 52.5 Å². The Morgan fingerprint density at radius 1 is 1.07 bits per heavy atom. The number of carbonyl (C=O) groups excluding carboxylic acids is 1. The van der Waals surface area contributed by atoms with Crippen LogP contribution in [0.25, 0.3) is 10.9 Å². The fourth-order valence-corrected chi connectivity index (χ4v) is 4.19. The number of anilines is 1. The van der Waals surface area contributed by atoms with Crippen LogP contribution in [0.15, 0.2) is 48.5 Å². The molecule has 1 aliphatic heterocycles. The molecule has 1 spiro atoms. The van der Waals surface area contributed by atoms with Gasteiger partial charge in [-0.25, -0.2) is 0 Å². The van der Waals surface area contributed by atoms with Gasteiger partial charge in [-0.3, -0.25) is 4.79 Å². The van der Waals surface area contributed by atoms with Crippen LogP contribution in [0.1, 0.15) is 31.4 Å². The van der Waals surface area contributed by atoms with Crippen LogP contribution >= 0.6 is 0 Å². The summed E-state index contributed by atoms with van der Waals surface area (Å²) in [5.41, 5.74) is 2.87. The van der Waals surface area contributed by atoms with E-state index in [0.717, 1.165) is 59.5 Å². The number of aromatic nitrogens is 1. The summed E-state index contributed by atoms with van der Waals surface area (Å²) in [5, 5.41) is 4.13. The maximum atomic E-state index is 12.6. The third-order valence-electron chi connectivity index (χ3n) is 5.50. The van der Waals surface area contributed by atoms with Crippen molar-refractivity contribution in [3.05, 3.63) is 54.2 Å². The molecule has 2 aromatic carbocycles. The third kappa shape index (κ3) is 2.83. The van der Waals surface area contributed by atoms with Crippen molar-refractivity contribution < 1.29 is 14.3 Å². The molecule has 0 unspecified atom stereocenters. The molecule has 2 aliphatic rings. The largest absolute Gasteiger partial charge is 0.448 e. The van der Waals surface area contributed by atoms with Crippen LogP contribution in [0, 0.1) is 6.92 Å². The normalized spacial score (nSPS) is 16.9. The van der Waals surface area contributed by atoms with Gasteiger partial charge in [0.1, 0.15) is 6.54 Å². The number of nitrogens with one attached hydrogen (secondary N) is 1. The van der Waals surface area contributed by atoms with E-state index >= 15 is 0 Å². The summed E-state index contributed by atoms with van der Waals surface area (Å²) in [4.78, 5) is 12.6. The van der Waals surface area contributed by atoms with Crippen molar-refractivity contribution in [3.8, 4) is 11.5 Å². The molecule has 2 heterocycles. The van der Waals surface area contributed by atoms with Crippen molar-refractivity contribution >= 4 is 22.5 Å². The van der Waals surface area contributed by atoms with Gasteiger partial charge in [0.15, 0.2) is 11.5 Å². The summed E-state index contributed by atoms with van der Waals surface area (Å²) < 4.78 is 14.1. The molecular formula is C22H22N2O3. The van der Waals surface area contributed by atoms with Gasteiger partial charge in [-0.1, -0.05) is 18.2 Å². The quantitative estimate of drug-likeness (QED) is 0.739. The van der Waals surface area contributed by atoms with Gasteiger partial charge < -0.3 is 19.4 Å². The van der Waals surface area contributed by atoms with Crippen molar-refractivity contribution in [2.24, 2.45) is 0 Å². The van der Waals surface area contributed by atoms with Gasteiger partial charge in [0.05, 0.1) is 0 Å². The van der Waals surface area contributed by atoms with E-state index in [9.17, 15) is 4.79 Å². The van der Waals surface area contributed by atoms with Crippen LogP contribution in [0.3, 0.4) is 0 Å². The smallest absolute Gasteiger partial charge is 0.251 e. The Labute approximate surface area is 157 Å². The summed E-state index contributed by atoms with van der Waals surface area (Å²) in [7, 11) is 0. The van der Waals surface area contributed by atoms with E-state index in [4.69, 9.17) is 9.47 Å². The molecule has 5 heteroatoms. The van der Waals surface area contributed by atoms with Crippen LogP contribution in [0.5, 0.6) is 11.5 Å². The average Bonchev–Trinajstić information content (AvgIpc) is 3.33. The van der Waals surface area contributed by atoms with Gasteiger partial charge in [-0.15, -0.1) is 0 Å². The van der Waals surface area contributed by atoms with E-state index in [1.807, 2.05) is 47.9 Å². The number of nitrogens with zero attached hydrogens (tertiary/aromatic N) is 1. The zero-order valence-corrected chi connectivity index (χ0v) is 15.3. The predicted octanol–water partition coefficient (Wildman–Crippen LogP) is 4.63. The summed E-state index contributed by atoms with van der Waals surface area (Å²) in [6.07, 6.45) is 4.09. The number of ether oxygens (including phenoxy) is 2. The maximum absolute atomic E-state index is 12.6. The zero-order valence-electron chi connectivity index (χ0n) is 15.3. The number of hydrogen-bond acceptors (Lipinski definition) is 3. The highest BCUT2D eigenvalue weighted by molar-refractivity contribution is 5.92. The number of benzene rings is 2. The highest BCUT2D eigenvalue weighted by Gasteiger charge is 2.44. The standard InChI is InChI=1S/C22H22N2O3/c1-15-12-16-6-2-3-7-18(16)24(15)14-21(25)23-17-8-9-19-20(13-17)27-22(26-19)10-4-5-11-22/h2-3,6-9,12-13H,4-5,10-11,14H2,1H3,(H,23,25). The number of rotatable bonds is 3. The molecule has 5 nitrogen and oxygen atoms in total. The van der Waals surface area contributed by atoms with Crippen molar-refractivity contribution in [3.63, 3.8) is 0 Å². The number of hydrogen-bond donors (Lipinski definition) is 1. The Balaban J connectivity index is 1.33. The van der Waals surface area contributed by atoms with E-state index < -0.39 is 5.79 Å². The van der Waals surface area contributed by atoms with Gasteiger partial charge in [0.2, 0.25) is 5.91 Å². The average molecular weight is 362 g/mol. The molecule has 1 amide bonds. The number of fused-ring (bicyclic) bond motifs is 2. The summed E-state index contributed by atoms with van der Waals surface area (Å²) >= 11 is 0. The first-order chi connectivity index (χ1) is 13.1. The Kier molecular flexibility index (Phi) is 3.64. The SMILES string of the molecule is Cc1cc2ccccc2n1CC(=O)Nc1ccc2c(c1)OC1(CCCC1)O2. The van der Waals surface area contributed by atoms with Crippen molar-refractivity contribution in [2.45, 2.75) is 44.9 Å². The van der Waals surface area contributed by atoms with Crippen LogP contribution in [-0.4, -0.2) is 16.3 Å². The van der Waals surface area contributed by atoms with E-state index in [2.05, 4.69) is 17.4 Å². The summed E-state index contributed by atoms with van der Waals surface area (Å²) in [6, 6.07) is 15.8. The number of carbonyl (C=O) groups is 1. The lowest BCUT2D eigenvalue weighted by Gasteiger charge is -2.21. The van der Waals surface area contributed by atoms with Crippen molar-refractivity contribution in [2.75, 3.05) is 5.32 Å². The third-order valence-corrected chi connectivity index (χ3v) is 5.50.